The van der Waals surface area contributed by atoms with Crippen molar-refractivity contribution in [3.8, 4) is 33.8 Å². The van der Waals surface area contributed by atoms with Crippen LogP contribution in [-0.4, -0.2) is 32.6 Å². The topological polar surface area (TPSA) is 18.5 Å². The van der Waals surface area contributed by atoms with Crippen molar-refractivity contribution >= 4 is 22.0 Å². The molecule has 40 heavy (non-hydrogen) atoms. The van der Waals surface area contributed by atoms with Crippen LogP contribution in [0.15, 0.2) is 36.4 Å². The van der Waals surface area contributed by atoms with Crippen LogP contribution in [0, 0.1) is 29.1 Å². The van der Waals surface area contributed by atoms with Crippen LogP contribution in [-0.2, 0) is 0 Å². The van der Waals surface area contributed by atoms with E-state index in [1.807, 2.05) is 18.2 Å². The minimum atomic E-state index is -3.34. The number of benzene rings is 3. The number of halogens is 5. The van der Waals surface area contributed by atoms with Crippen LogP contribution in [0.2, 0.25) is 13.3 Å². The summed E-state index contributed by atoms with van der Waals surface area (Å²) in [5, 5.41) is 0. The third kappa shape index (κ3) is 6.29. The molecule has 0 atom stereocenters. The Morgan fingerprint density at radius 1 is 0.550 bits per heavy atom. The van der Waals surface area contributed by atoms with Gasteiger partial charge in [-0.1, -0.05) is 0 Å². The van der Waals surface area contributed by atoms with Gasteiger partial charge in [-0.3, -0.25) is 0 Å². The summed E-state index contributed by atoms with van der Waals surface area (Å²) < 4.78 is 89.2. The molecule has 0 amide bonds. The fourth-order valence-electron chi connectivity index (χ4n) is 5.78. The van der Waals surface area contributed by atoms with Gasteiger partial charge in [0.25, 0.3) is 0 Å². The number of methoxy groups -OCH3 is 2. The number of rotatable bonds is 14. The Kier molecular flexibility index (Phi) is 11.7. The second-order valence-electron chi connectivity index (χ2n) is 10.3. The summed E-state index contributed by atoms with van der Waals surface area (Å²) in [5.74, 6) is -8.87. The number of hydrogen-bond acceptors (Lipinski definition) is 2. The molecular weight excluding hydrogens is 630 g/mol. The van der Waals surface area contributed by atoms with Crippen LogP contribution in [0.1, 0.15) is 59.3 Å². The first-order valence-corrected chi connectivity index (χ1v) is 21.6. The number of hydrogen-bond donors (Lipinski definition) is 0. The molecule has 8 heteroatoms. The van der Waals surface area contributed by atoms with Crippen LogP contribution in [0.25, 0.3) is 22.3 Å². The molecule has 0 aliphatic carbocycles. The third-order valence-corrected chi connectivity index (χ3v) is 23.5. The van der Waals surface area contributed by atoms with Gasteiger partial charge in [0.1, 0.15) is 0 Å². The van der Waals surface area contributed by atoms with Crippen LogP contribution < -0.4 is 13.1 Å². The van der Waals surface area contributed by atoms with Gasteiger partial charge in [0.2, 0.25) is 0 Å². The summed E-state index contributed by atoms with van der Waals surface area (Å²) in [7, 11) is 3.05. The quantitative estimate of drug-likeness (QED) is 0.0737. The van der Waals surface area contributed by atoms with E-state index in [9.17, 15) is 13.2 Å². The van der Waals surface area contributed by atoms with E-state index in [-0.39, 0.29) is 11.3 Å². The zero-order chi connectivity index (χ0) is 29.4. The molecule has 0 spiro atoms. The first-order chi connectivity index (χ1) is 19.2. The van der Waals surface area contributed by atoms with Crippen molar-refractivity contribution < 1.29 is 31.4 Å². The van der Waals surface area contributed by atoms with Crippen LogP contribution in [0.3, 0.4) is 0 Å². The van der Waals surface area contributed by atoms with E-state index in [1.54, 1.807) is 13.2 Å². The zero-order valence-electron chi connectivity index (χ0n) is 24.0. The summed E-state index contributed by atoms with van der Waals surface area (Å²) in [4.78, 5) is 0. The van der Waals surface area contributed by atoms with Crippen LogP contribution in [0.4, 0.5) is 22.0 Å². The molecule has 0 radical (unpaired) electrons. The van der Waals surface area contributed by atoms with Crippen molar-refractivity contribution in [3.05, 3.63) is 65.5 Å². The van der Waals surface area contributed by atoms with Gasteiger partial charge < -0.3 is 0 Å². The second kappa shape index (κ2) is 14.6. The summed E-state index contributed by atoms with van der Waals surface area (Å²) in [5.41, 5.74) is -0.0682. The van der Waals surface area contributed by atoms with Crippen molar-refractivity contribution in [1.29, 1.82) is 0 Å². The molecule has 0 saturated heterocycles. The molecule has 0 N–H and O–H groups in total. The predicted molar refractivity (Wildman–Crippen MR) is 155 cm³/mol. The normalized spacial score (nSPS) is 11.7. The molecule has 0 aliphatic rings. The van der Waals surface area contributed by atoms with E-state index in [2.05, 4.69) is 20.8 Å². The van der Waals surface area contributed by atoms with Gasteiger partial charge in [0.15, 0.2) is 0 Å². The van der Waals surface area contributed by atoms with Crippen LogP contribution in [0.5, 0.6) is 11.5 Å². The molecule has 3 aromatic carbocycles. The van der Waals surface area contributed by atoms with E-state index in [0.717, 1.165) is 55.4 Å². The minimum absolute atomic E-state index is 0.108. The van der Waals surface area contributed by atoms with E-state index in [4.69, 9.17) is 9.47 Å². The molecule has 218 valence electrons. The van der Waals surface area contributed by atoms with E-state index < -0.39 is 53.0 Å². The van der Waals surface area contributed by atoms with Gasteiger partial charge in [0, 0.05) is 0 Å². The predicted octanol–water partition coefficient (Wildman–Crippen LogP) is 9.79. The molecule has 0 aromatic heterocycles. The van der Waals surface area contributed by atoms with Gasteiger partial charge in [-0.2, -0.15) is 0 Å². The number of unbranched alkanes of at least 4 members (excludes halogenated alkanes) is 3. The Hall–Kier alpha value is -2.29. The molecule has 3 rings (SSSR count). The molecule has 0 bridgehead atoms. The van der Waals surface area contributed by atoms with Gasteiger partial charge in [0.05, 0.1) is 0 Å². The Balaban J connectivity index is 2.51. The Morgan fingerprint density at radius 2 is 0.975 bits per heavy atom. The maximum atomic E-state index is 15.2. The first-order valence-electron chi connectivity index (χ1n) is 14.1. The molecule has 2 nitrogen and oxygen atoms in total. The Bertz CT molecular complexity index is 1260. The fourth-order valence-corrected chi connectivity index (χ4v) is 23.1. The molecule has 0 fully saturated rings. The van der Waals surface area contributed by atoms with Crippen molar-refractivity contribution in [2.45, 2.75) is 72.6 Å². The van der Waals surface area contributed by atoms with Crippen molar-refractivity contribution in [1.82, 2.24) is 0 Å². The zero-order valence-corrected chi connectivity index (χ0v) is 26.9. The van der Waals surface area contributed by atoms with Gasteiger partial charge in [-0.25, -0.2) is 0 Å². The summed E-state index contributed by atoms with van der Waals surface area (Å²) in [6.07, 6.45) is 6.26. The molecular formula is C32H39F5O2Sn. The van der Waals surface area contributed by atoms with Crippen LogP contribution >= 0.6 is 0 Å². The van der Waals surface area contributed by atoms with Gasteiger partial charge in [-0.15, -0.1) is 0 Å². The van der Waals surface area contributed by atoms with Gasteiger partial charge >= 0.3 is 239 Å². The summed E-state index contributed by atoms with van der Waals surface area (Å²) >= 11 is -3.34. The Labute approximate surface area is 238 Å². The van der Waals surface area contributed by atoms with E-state index in [0.29, 0.717) is 16.9 Å². The van der Waals surface area contributed by atoms with Crippen molar-refractivity contribution in [2.75, 3.05) is 14.2 Å². The monoisotopic (exact) mass is 670 g/mol. The average molecular weight is 669 g/mol. The summed E-state index contributed by atoms with van der Waals surface area (Å²) in [6.45, 7) is 6.50. The molecule has 0 saturated carbocycles. The standard InChI is InChI=1S/C20H12F5O2.3C4H9.Sn/c1-26-11-6-3-5-10(9-11)14-12(7-4-8-13(14)27-2)15-16(21)18(23)20(25)19(24)17(15)22;3*1-3-4-2;/h3-8H,1-2H3;3*1,3-4H2,2H3;. The SMILES string of the molecule is CCC[CH2][Sn]([CH2]CCC)([CH2]CCC)[c]1c(OC)cccc1-c1c(OC)cccc1-c1c(F)c(F)c(F)c(F)c1F. The van der Waals surface area contributed by atoms with Crippen molar-refractivity contribution in [3.63, 3.8) is 0 Å². The van der Waals surface area contributed by atoms with E-state index >= 15 is 8.78 Å². The third-order valence-electron chi connectivity index (χ3n) is 7.80. The maximum absolute atomic E-state index is 15.2. The van der Waals surface area contributed by atoms with Gasteiger partial charge in [-0.05, 0) is 0 Å². The molecule has 0 aliphatic heterocycles. The van der Waals surface area contributed by atoms with E-state index in [1.165, 1.54) is 19.2 Å². The molecule has 0 heterocycles. The average Bonchev–Trinajstić information content (AvgIpc) is 2.98. The molecule has 0 unspecified atom stereocenters. The summed E-state index contributed by atoms with van der Waals surface area (Å²) in [6, 6.07) is 10.1. The fraction of sp³-hybridized carbons (Fsp3) is 0.438. The number of ether oxygens (including phenoxy) is 2. The molecule has 3 aromatic rings. The Morgan fingerprint density at radius 3 is 1.43 bits per heavy atom. The van der Waals surface area contributed by atoms with Crippen molar-refractivity contribution in [2.24, 2.45) is 0 Å². The second-order valence-corrected chi connectivity index (χ2v) is 23.3. The first kappa shape index (κ1) is 32.2.